The van der Waals surface area contributed by atoms with Crippen molar-refractivity contribution in [3.05, 3.63) is 78.9 Å². The molecule has 0 bridgehead atoms. The zero-order valence-corrected chi connectivity index (χ0v) is 17.2. The van der Waals surface area contributed by atoms with E-state index < -0.39 is 0 Å². The molecule has 4 rings (SSSR count). The van der Waals surface area contributed by atoms with Crippen LogP contribution in [0.15, 0.2) is 83.3 Å². The van der Waals surface area contributed by atoms with E-state index in [1.54, 1.807) is 48.5 Å². The number of hydrogen-bond acceptors (Lipinski definition) is 6. The van der Waals surface area contributed by atoms with Crippen molar-refractivity contribution in [1.82, 2.24) is 10.2 Å². The average Bonchev–Trinajstić information content (AvgIpc) is 3.29. The molecule has 8 nitrogen and oxygen atoms in total. The highest BCUT2D eigenvalue weighted by atomic mass is 16.5. The Morgan fingerprint density at radius 1 is 0.812 bits per heavy atom. The van der Waals surface area contributed by atoms with Gasteiger partial charge in [-0.25, -0.2) is 0 Å². The fourth-order valence-corrected chi connectivity index (χ4v) is 2.95. The predicted molar refractivity (Wildman–Crippen MR) is 120 cm³/mol. The molecule has 8 heteroatoms. The smallest absolute Gasteiger partial charge is 0.262 e. The SMILES string of the molecule is CC(=O)Nc1cccc(NC(=O)COc2ccc(-c3nnc(-c4ccccc4)o3)cc2)c1. The van der Waals surface area contributed by atoms with Crippen LogP contribution in [0.1, 0.15) is 6.92 Å². The Morgan fingerprint density at radius 3 is 2.09 bits per heavy atom. The summed E-state index contributed by atoms with van der Waals surface area (Å²) in [6, 6.07) is 23.4. The zero-order chi connectivity index (χ0) is 22.3. The lowest BCUT2D eigenvalue weighted by molar-refractivity contribution is -0.118. The van der Waals surface area contributed by atoms with Crippen LogP contribution in [0.2, 0.25) is 0 Å². The van der Waals surface area contributed by atoms with E-state index in [9.17, 15) is 9.59 Å². The summed E-state index contributed by atoms with van der Waals surface area (Å²) in [5.41, 5.74) is 2.75. The second-order valence-corrected chi connectivity index (χ2v) is 6.90. The molecule has 2 amide bonds. The Kier molecular flexibility index (Phi) is 6.22. The molecule has 2 N–H and O–H groups in total. The molecule has 0 spiro atoms. The summed E-state index contributed by atoms with van der Waals surface area (Å²) in [5, 5.41) is 13.6. The number of anilines is 2. The number of carbonyl (C=O) groups excluding carboxylic acids is 2. The van der Waals surface area contributed by atoms with E-state index >= 15 is 0 Å². The Labute approximate surface area is 184 Å². The van der Waals surface area contributed by atoms with Crippen molar-refractivity contribution >= 4 is 23.2 Å². The van der Waals surface area contributed by atoms with Gasteiger partial charge in [-0.2, -0.15) is 0 Å². The standard InChI is InChI=1S/C24H20N4O4/c1-16(29)25-19-8-5-9-20(14-19)26-22(30)15-31-21-12-10-18(11-13-21)24-28-27-23(32-24)17-6-3-2-4-7-17/h2-14H,15H2,1H3,(H,25,29)(H,26,30). The van der Waals surface area contributed by atoms with Crippen LogP contribution in [-0.2, 0) is 9.59 Å². The molecule has 1 heterocycles. The fraction of sp³-hybridized carbons (Fsp3) is 0.0833. The maximum absolute atomic E-state index is 12.2. The van der Waals surface area contributed by atoms with Gasteiger partial charge in [-0.3, -0.25) is 9.59 Å². The summed E-state index contributed by atoms with van der Waals surface area (Å²) in [4.78, 5) is 23.3. The van der Waals surface area contributed by atoms with Gasteiger partial charge in [0.1, 0.15) is 5.75 Å². The van der Waals surface area contributed by atoms with Gasteiger partial charge in [0.15, 0.2) is 6.61 Å². The number of aromatic nitrogens is 2. The molecule has 0 atom stereocenters. The highest BCUT2D eigenvalue weighted by molar-refractivity contribution is 5.94. The molecule has 0 radical (unpaired) electrons. The average molecular weight is 428 g/mol. The summed E-state index contributed by atoms with van der Waals surface area (Å²) >= 11 is 0. The van der Waals surface area contributed by atoms with Crippen molar-refractivity contribution in [2.45, 2.75) is 6.92 Å². The van der Waals surface area contributed by atoms with Crippen LogP contribution < -0.4 is 15.4 Å². The minimum atomic E-state index is -0.321. The maximum Gasteiger partial charge on any atom is 0.262 e. The lowest BCUT2D eigenvalue weighted by Crippen LogP contribution is -2.20. The maximum atomic E-state index is 12.2. The first-order chi connectivity index (χ1) is 15.6. The van der Waals surface area contributed by atoms with Crippen molar-refractivity contribution in [2.24, 2.45) is 0 Å². The van der Waals surface area contributed by atoms with Gasteiger partial charge in [-0.15, -0.1) is 10.2 Å². The molecule has 32 heavy (non-hydrogen) atoms. The molecule has 0 saturated carbocycles. The first kappa shape index (κ1) is 20.8. The Morgan fingerprint density at radius 2 is 1.44 bits per heavy atom. The zero-order valence-electron chi connectivity index (χ0n) is 17.2. The second kappa shape index (κ2) is 9.57. The summed E-state index contributed by atoms with van der Waals surface area (Å²) in [5.74, 6) is 0.863. The number of hydrogen-bond donors (Lipinski definition) is 2. The first-order valence-corrected chi connectivity index (χ1v) is 9.86. The number of nitrogens with one attached hydrogen (secondary N) is 2. The fourth-order valence-electron chi connectivity index (χ4n) is 2.95. The summed E-state index contributed by atoms with van der Waals surface area (Å²) in [6.45, 7) is 1.26. The van der Waals surface area contributed by atoms with Crippen LogP contribution in [0, 0.1) is 0 Å². The topological polar surface area (TPSA) is 106 Å². The monoisotopic (exact) mass is 428 g/mol. The minimum Gasteiger partial charge on any atom is -0.484 e. The van der Waals surface area contributed by atoms with Crippen LogP contribution in [0.3, 0.4) is 0 Å². The number of ether oxygens (including phenoxy) is 1. The number of nitrogens with zero attached hydrogens (tertiary/aromatic N) is 2. The van der Waals surface area contributed by atoms with Gasteiger partial charge in [0.05, 0.1) is 0 Å². The third-order valence-electron chi connectivity index (χ3n) is 4.38. The number of amides is 2. The van der Waals surface area contributed by atoms with Gasteiger partial charge in [0, 0.05) is 29.4 Å². The number of benzene rings is 3. The third-order valence-corrected chi connectivity index (χ3v) is 4.38. The van der Waals surface area contributed by atoms with Crippen molar-refractivity contribution in [3.63, 3.8) is 0 Å². The molecule has 0 unspecified atom stereocenters. The molecule has 0 saturated heterocycles. The Balaban J connectivity index is 1.33. The van der Waals surface area contributed by atoms with Crippen LogP contribution in [0.4, 0.5) is 11.4 Å². The third kappa shape index (κ3) is 5.37. The van der Waals surface area contributed by atoms with Gasteiger partial charge in [0.2, 0.25) is 17.7 Å². The summed E-state index contributed by atoms with van der Waals surface area (Å²) in [7, 11) is 0. The Hall–Kier alpha value is -4.46. The van der Waals surface area contributed by atoms with Gasteiger partial charge in [-0.05, 0) is 54.6 Å². The van der Waals surface area contributed by atoms with E-state index in [1.165, 1.54) is 6.92 Å². The van der Waals surface area contributed by atoms with E-state index in [4.69, 9.17) is 9.15 Å². The van der Waals surface area contributed by atoms with Crippen molar-refractivity contribution in [3.8, 4) is 28.7 Å². The predicted octanol–water partition coefficient (Wildman–Crippen LogP) is 4.38. The van der Waals surface area contributed by atoms with Crippen LogP contribution >= 0.6 is 0 Å². The summed E-state index contributed by atoms with van der Waals surface area (Å²) < 4.78 is 11.3. The second-order valence-electron chi connectivity index (χ2n) is 6.90. The van der Waals surface area contributed by atoms with E-state index in [0.29, 0.717) is 28.9 Å². The van der Waals surface area contributed by atoms with Crippen LogP contribution in [0.5, 0.6) is 5.75 Å². The minimum absolute atomic E-state index is 0.164. The highest BCUT2D eigenvalue weighted by Gasteiger charge is 2.11. The van der Waals surface area contributed by atoms with Crippen molar-refractivity contribution < 1.29 is 18.7 Å². The van der Waals surface area contributed by atoms with Crippen molar-refractivity contribution in [2.75, 3.05) is 17.2 Å². The molecule has 0 aliphatic carbocycles. The molecule has 1 aromatic heterocycles. The van der Waals surface area contributed by atoms with Gasteiger partial charge in [-0.1, -0.05) is 24.3 Å². The molecule has 160 valence electrons. The van der Waals surface area contributed by atoms with Crippen LogP contribution in [0.25, 0.3) is 22.9 Å². The van der Waals surface area contributed by atoms with E-state index in [0.717, 1.165) is 11.1 Å². The highest BCUT2D eigenvalue weighted by Crippen LogP contribution is 2.25. The van der Waals surface area contributed by atoms with Gasteiger partial charge < -0.3 is 19.8 Å². The lowest BCUT2D eigenvalue weighted by Gasteiger charge is -2.09. The molecular formula is C24H20N4O4. The molecule has 0 aliphatic heterocycles. The van der Waals surface area contributed by atoms with Gasteiger partial charge in [0.25, 0.3) is 5.91 Å². The molecule has 3 aromatic carbocycles. The van der Waals surface area contributed by atoms with E-state index in [-0.39, 0.29) is 18.4 Å². The molecular weight excluding hydrogens is 408 g/mol. The molecule has 0 fully saturated rings. The normalized spacial score (nSPS) is 10.4. The number of rotatable bonds is 7. The molecule has 4 aromatic rings. The van der Waals surface area contributed by atoms with E-state index in [2.05, 4.69) is 20.8 Å². The largest absolute Gasteiger partial charge is 0.484 e. The molecule has 0 aliphatic rings. The summed E-state index contributed by atoms with van der Waals surface area (Å²) in [6.07, 6.45) is 0. The lowest BCUT2D eigenvalue weighted by atomic mass is 10.2. The van der Waals surface area contributed by atoms with Gasteiger partial charge >= 0.3 is 0 Å². The van der Waals surface area contributed by atoms with Crippen molar-refractivity contribution in [1.29, 1.82) is 0 Å². The van der Waals surface area contributed by atoms with Crippen LogP contribution in [-0.4, -0.2) is 28.6 Å². The number of carbonyl (C=O) groups is 2. The Bertz CT molecular complexity index is 1220. The van der Waals surface area contributed by atoms with E-state index in [1.807, 2.05) is 30.3 Å². The quantitative estimate of drug-likeness (QED) is 0.452. The first-order valence-electron chi connectivity index (χ1n) is 9.86.